The monoisotopic (exact) mass is 857 g/mol. The van der Waals surface area contributed by atoms with Crippen molar-refractivity contribution in [2.45, 2.75) is 274 Å². The molecule has 1 heterocycles. The minimum absolute atomic E-state index is 0.0625. The van der Waals surface area contributed by atoms with Crippen molar-refractivity contribution >= 4 is 0 Å². The second-order valence-corrected chi connectivity index (χ2v) is 19.8. The first kappa shape index (κ1) is 73.1. The molecule has 5 fully saturated rings. The predicted octanol–water partition coefficient (Wildman–Crippen LogP) is 20.2. The van der Waals surface area contributed by atoms with Gasteiger partial charge in [-0.15, -0.1) is 0 Å². The van der Waals surface area contributed by atoms with E-state index in [4.69, 9.17) is 9.47 Å². The number of halogens is 3. The third-order valence-electron chi connectivity index (χ3n) is 10.4. The average Bonchev–Trinajstić information content (AvgIpc) is 4.13. The van der Waals surface area contributed by atoms with Gasteiger partial charge < -0.3 is 9.47 Å². The third-order valence-corrected chi connectivity index (χ3v) is 10.4. The summed E-state index contributed by atoms with van der Waals surface area (Å²) >= 11 is 0. The highest BCUT2D eigenvalue weighted by atomic mass is 19.3. The lowest BCUT2D eigenvalue weighted by Crippen LogP contribution is -2.23. The van der Waals surface area contributed by atoms with E-state index in [9.17, 15) is 13.2 Å². The van der Waals surface area contributed by atoms with E-state index in [0.29, 0.717) is 5.92 Å². The number of unbranched alkanes of at least 4 members (excludes halogenated alkanes) is 2. The van der Waals surface area contributed by atoms with Crippen molar-refractivity contribution in [3.8, 4) is 0 Å². The van der Waals surface area contributed by atoms with Crippen LogP contribution in [-0.2, 0) is 9.47 Å². The van der Waals surface area contributed by atoms with E-state index >= 15 is 0 Å². The Morgan fingerprint density at radius 1 is 0.627 bits per heavy atom. The van der Waals surface area contributed by atoms with Gasteiger partial charge in [-0.05, 0) is 80.5 Å². The highest BCUT2D eigenvalue weighted by molar-refractivity contribution is 4.96. The van der Waals surface area contributed by atoms with Gasteiger partial charge in [-0.2, -0.15) is 0 Å². The molecule has 0 aromatic rings. The predicted molar refractivity (Wildman–Crippen MR) is 267 cm³/mol. The number of rotatable bonds is 8. The van der Waals surface area contributed by atoms with Crippen LogP contribution in [0.1, 0.15) is 262 Å². The lowest BCUT2D eigenvalue weighted by Gasteiger charge is -2.20. The molecule has 4 aliphatic carbocycles. The number of alkyl halides is 3. The highest BCUT2D eigenvalue weighted by Gasteiger charge is 2.47. The average molecular weight is 858 g/mol. The summed E-state index contributed by atoms with van der Waals surface area (Å²) in [4.78, 5) is 0. The largest absolute Gasteiger partial charge is 0.385 e. The Labute approximate surface area is 375 Å². The summed E-state index contributed by atoms with van der Waals surface area (Å²) in [5, 5.41) is 0. The van der Waals surface area contributed by atoms with Crippen LogP contribution < -0.4 is 0 Å². The topological polar surface area (TPSA) is 18.5 Å². The van der Waals surface area contributed by atoms with Gasteiger partial charge in [-0.3, -0.25) is 0 Å². The summed E-state index contributed by atoms with van der Waals surface area (Å²) in [6.45, 7) is 50.9. The Kier molecular flexibility index (Phi) is 64.5. The van der Waals surface area contributed by atoms with E-state index in [1.165, 1.54) is 90.4 Å². The molecular formula is C54H119F3O2. The molecule has 0 spiro atoms. The summed E-state index contributed by atoms with van der Waals surface area (Å²) in [7, 11) is 1.71. The molecule has 0 radical (unpaired) electrons. The molecule has 1 aliphatic heterocycles. The number of methoxy groups -OCH3 is 1. The quantitative estimate of drug-likeness (QED) is 0.242. The SMILES string of the molecule is CC(C)C.CC1CC1.CC1CC1(C)F.CC1CC1C.CC1CCC1.CC1COC1.CCC(C)(F)F.CCC(C)C.CCC(C)CC.CCCC.CCCC.CCCOC. The van der Waals surface area contributed by atoms with E-state index < -0.39 is 11.6 Å². The first-order valence-electron chi connectivity index (χ1n) is 25.4. The number of hydrogen-bond donors (Lipinski definition) is 0. The van der Waals surface area contributed by atoms with Crippen LogP contribution >= 0.6 is 0 Å². The van der Waals surface area contributed by atoms with Crippen molar-refractivity contribution in [2.75, 3.05) is 26.9 Å². The molecule has 5 heteroatoms. The van der Waals surface area contributed by atoms with Crippen molar-refractivity contribution < 1.29 is 22.6 Å². The summed E-state index contributed by atoms with van der Waals surface area (Å²) in [5.74, 6) is 5.62. The second kappa shape index (κ2) is 52.1. The fourth-order valence-corrected chi connectivity index (χ4v) is 2.67. The Bertz CT molecular complexity index is 654. The van der Waals surface area contributed by atoms with Gasteiger partial charge in [0.1, 0.15) is 5.67 Å². The van der Waals surface area contributed by atoms with E-state index in [2.05, 4.69) is 132 Å². The molecule has 4 unspecified atom stereocenters. The molecule has 4 saturated carbocycles. The molecular weight excluding hydrogens is 738 g/mol. The van der Waals surface area contributed by atoms with Gasteiger partial charge in [0, 0.05) is 26.1 Å². The van der Waals surface area contributed by atoms with Crippen molar-refractivity contribution in [1.82, 2.24) is 0 Å². The summed E-state index contributed by atoms with van der Waals surface area (Å²) in [5.41, 5.74) is -0.792. The smallest absolute Gasteiger partial charge is 0.245 e. The fourth-order valence-electron chi connectivity index (χ4n) is 2.67. The molecule has 0 bridgehead atoms. The second-order valence-electron chi connectivity index (χ2n) is 19.8. The molecule has 59 heavy (non-hydrogen) atoms. The third kappa shape index (κ3) is 98.2. The van der Waals surface area contributed by atoms with Crippen LogP contribution in [0.25, 0.3) is 0 Å². The zero-order valence-corrected chi connectivity index (χ0v) is 45.6. The normalized spacial score (nSPS) is 21.4. The zero-order valence-electron chi connectivity index (χ0n) is 45.6. The summed E-state index contributed by atoms with van der Waals surface area (Å²) in [6.07, 6.45) is 20.0. The van der Waals surface area contributed by atoms with Crippen LogP contribution in [0.2, 0.25) is 0 Å². The van der Waals surface area contributed by atoms with E-state index in [-0.39, 0.29) is 6.42 Å². The van der Waals surface area contributed by atoms with Crippen molar-refractivity contribution in [3.63, 3.8) is 0 Å². The lowest BCUT2D eigenvalue weighted by molar-refractivity contribution is -0.0221. The zero-order chi connectivity index (χ0) is 48.0. The highest BCUT2D eigenvalue weighted by Crippen LogP contribution is 2.45. The van der Waals surface area contributed by atoms with Gasteiger partial charge in [0.05, 0.1) is 13.2 Å². The molecule has 0 amide bonds. The van der Waals surface area contributed by atoms with Gasteiger partial charge in [0.15, 0.2) is 0 Å². The first-order chi connectivity index (χ1) is 27.2. The van der Waals surface area contributed by atoms with Gasteiger partial charge in [-0.25, -0.2) is 13.2 Å². The Morgan fingerprint density at radius 3 is 0.881 bits per heavy atom. The van der Waals surface area contributed by atoms with Crippen molar-refractivity contribution in [2.24, 2.45) is 53.3 Å². The van der Waals surface area contributed by atoms with Crippen LogP contribution in [0, 0.1) is 53.3 Å². The lowest BCUT2D eigenvalue weighted by atomic mass is 9.88. The van der Waals surface area contributed by atoms with Gasteiger partial charge in [0.25, 0.3) is 0 Å². The molecule has 2 nitrogen and oxygen atoms in total. The minimum atomic E-state index is -2.46. The van der Waals surface area contributed by atoms with Crippen LogP contribution in [0.4, 0.5) is 13.2 Å². The molecule has 0 aromatic heterocycles. The maximum atomic E-state index is 12.2. The molecule has 0 N–H and O–H groups in total. The maximum absolute atomic E-state index is 12.2. The minimum Gasteiger partial charge on any atom is -0.385 e. The van der Waals surface area contributed by atoms with Gasteiger partial charge in [0.2, 0.25) is 5.92 Å². The van der Waals surface area contributed by atoms with E-state index in [1.807, 2.05) is 6.92 Å². The molecule has 5 aliphatic rings. The summed E-state index contributed by atoms with van der Waals surface area (Å²) in [6, 6.07) is 0. The standard InChI is InChI=1S/C6H14.C5H9F.2C5H10.C5H12.C4H8F2.C4H8O.C4H10O.C4H8.3C4H10/c1-4-6(3)5-2;1-4-3-5(4,2)6;1-4-3-5(4)2;1-5-3-2-4-5;1-4-5(2)3;1-3-4(2,5)6;1-4-2-5-3-4;1-3-4-5-2;1-4-2-3-4;1-4(2)3;2*1-3-4-2/h6H,4-5H2,1-3H3;4H,3H2,1-2H3;4-5H,3H2,1-2H3;5H,2-4H2,1H3;5H,4H2,1-3H3;3H2,1-2H3;4H,2-3H2,1H3;3-4H2,1-2H3;4H,2-3H2,1H3;4H,1-3H3;2*3-4H2,1-2H3. The van der Waals surface area contributed by atoms with Crippen molar-refractivity contribution in [1.29, 1.82) is 0 Å². The van der Waals surface area contributed by atoms with Crippen LogP contribution in [0.15, 0.2) is 0 Å². The van der Waals surface area contributed by atoms with Crippen molar-refractivity contribution in [3.05, 3.63) is 0 Å². The summed E-state index contributed by atoms with van der Waals surface area (Å²) < 4.78 is 44.6. The number of ether oxygens (including phenoxy) is 2. The van der Waals surface area contributed by atoms with Gasteiger partial charge in [-0.1, -0.05) is 222 Å². The van der Waals surface area contributed by atoms with Crippen LogP contribution in [0.5, 0.6) is 0 Å². The van der Waals surface area contributed by atoms with E-state index in [0.717, 1.165) is 86.9 Å². The molecule has 368 valence electrons. The van der Waals surface area contributed by atoms with Crippen LogP contribution in [0.3, 0.4) is 0 Å². The molecule has 4 atom stereocenters. The Morgan fingerprint density at radius 2 is 0.881 bits per heavy atom. The fraction of sp³-hybridized carbons (Fsp3) is 1.00. The molecule has 0 aromatic carbocycles. The number of hydrogen-bond acceptors (Lipinski definition) is 2. The molecule has 1 saturated heterocycles. The van der Waals surface area contributed by atoms with Crippen LogP contribution in [-0.4, -0.2) is 38.5 Å². The Balaban J connectivity index is -0.000000100. The Hall–Kier alpha value is -0.290. The molecule has 5 rings (SSSR count). The van der Waals surface area contributed by atoms with E-state index in [1.54, 1.807) is 14.0 Å². The maximum Gasteiger partial charge on any atom is 0.245 e. The van der Waals surface area contributed by atoms with Gasteiger partial charge >= 0.3 is 0 Å². The first-order valence-corrected chi connectivity index (χ1v) is 25.4.